The number of non-ortho nitro benzene ring substituents is 1. The van der Waals surface area contributed by atoms with Gasteiger partial charge in [0.25, 0.3) is 5.69 Å². The van der Waals surface area contributed by atoms with E-state index in [1.807, 2.05) is 0 Å². The zero-order valence-corrected chi connectivity index (χ0v) is 12.6. The smallest absolute Gasteiger partial charge is 0.269 e. The quantitative estimate of drug-likeness (QED) is 0.299. The number of anilines is 2. The van der Waals surface area contributed by atoms with Crippen LogP contribution in [-0.2, 0) is 6.54 Å². The van der Waals surface area contributed by atoms with E-state index in [1.165, 1.54) is 12.1 Å². The summed E-state index contributed by atoms with van der Waals surface area (Å²) in [6.45, 7) is 0.963. The molecule has 0 saturated carbocycles. The lowest BCUT2D eigenvalue weighted by atomic mass is 10.2. The van der Waals surface area contributed by atoms with Crippen molar-refractivity contribution in [2.45, 2.75) is 13.0 Å². The van der Waals surface area contributed by atoms with Gasteiger partial charge in [0.15, 0.2) is 0 Å². The molecule has 0 aliphatic heterocycles. The summed E-state index contributed by atoms with van der Waals surface area (Å²) in [5.41, 5.74) is 8.10. The molecule has 0 fully saturated rings. The number of aliphatic hydroxyl groups is 1. The monoisotopic (exact) mass is 317 g/mol. The Balaban J connectivity index is 2.03. The maximum Gasteiger partial charge on any atom is 0.269 e. The van der Waals surface area contributed by atoms with Crippen LogP contribution in [0, 0.1) is 10.1 Å². The number of ether oxygens (including phenoxy) is 1. The molecule has 0 spiro atoms. The number of hydrogen-bond donors (Lipinski definition) is 3. The van der Waals surface area contributed by atoms with Crippen LogP contribution in [0.15, 0.2) is 42.5 Å². The van der Waals surface area contributed by atoms with Crippen LogP contribution in [-0.4, -0.2) is 23.2 Å². The fourth-order valence-electron chi connectivity index (χ4n) is 1.99. The highest BCUT2D eigenvalue weighted by molar-refractivity contribution is 5.63. The van der Waals surface area contributed by atoms with Gasteiger partial charge in [-0.2, -0.15) is 0 Å². The van der Waals surface area contributed by atoms with Crippen LogP contribution in [0.5, 0.6) is 5.75 Å². The second-order valence-corrected chi connectivity index (χ2v) is 4.96. The molecule has 0 saturated heterocycles. The first kappa shape index (κ1) is 16.6. The third-order valence-electron chi connectivity index (χ3n) is 3.19. The molecule has 23 heavy (non-hydrogen) atoms. The van der Waals surface area contributed by atoms with Gasteiger partial charge in [-0.25, -0.2) is 0 Å². The molecule has 0 aromatic heterocycles. The average molecular weight is 317 g/mol. The number of hydrogen-bond acceptors (Lipinski definition) is 6. The second-order valence-electron chi connectivity index (χ2n) is 4.96. The molecule has 0 amide bonds. The number of rotatable bonds is 8. The number of aliphatic hydroxyl groups excluding tert-OH is 1. The molecule has 0 radical (unpaired) electrons. The summed E-state index contributed by atoms with van der Waals surface area (Å²) >= 11 is 0. The van der Waals surface area contributed by atoms with Crippen LogP contribution in [0.3, 0.4) is 0 Å². The minimum Gasteiger partial charge on any atom is -0.491 e. The van der Waals surface area contributed by atoms with E-state index in [-0.39, 0.29) is 12.3 Å². The van der Waals surface area contributed by atoms with Crippen molar-refractivity contribution in [3.63, 3.8) is 0 Å². The Labute approximate surface area is 133 Å². The van der Waals surface area contributed by atoms with Gasteiger partial charge in [0, 0.05) is 37.4 Å². The number of nitro benzene ring substituents is 1. The summed E-state index contributed by atoms with van der Waals surface area (Å²) in [4.78, 5) is 10.2. The summed E-state index contributed by atoms with van der Waals surface area (Å²) in [7, 11) is 0. The Morgan fingerprint density at radius 3 is 2.61 bits per heavy atom. The Kier molecular flexibility index (Phi) is 5.76. The molecule has 2 rings (SSSR count). The second kappa shape index (κ2) is 8.00. The van der Waals surface area contributed by atoms with Gasteiger partial charge in [0.2, 0.25) is 0 Å². The molecule has 122 valence electrons. The van der Waals surface area contributed by atoms with Crippen LogP contribution in [0.4, 0.5) is 17.1 Å². The minimum absolute atomic E-state index is 0.0609. The first-order valence-electron chi connectivity index (χ1n) is 7.20. The number of nitrogens with two attached hydrogens (primary N) is 1. The molecular weight excluding hydrogens is 298 g/mol. The van der Waals surface area contributed by atoms with Crippen molar-refractivity contribution in [2.75, 3.05) is 24.3 Å². The SMILES string of the molecule is Nc1ccc(OCCCO)c(NCc2ccc([N+](=O)[O-])cc2)c1. The van der Waals surface area contributed by atoms with Gasteiger partial charge >= 0.3 is 0 Å². The summed E-state index contributed by atoms with van der Waals surface area (Å²) < 4.78 is 5.60. The van der Waals surface area contributed by atoms with Crippen LogP contribution < -0.4 is 15.8 Å². The molecule has 4 N–H and O–H groups in total. The van der Waals surface area contributed by atoms with E-state index < -0.39 is 4.92 Å². The molecule has 0 aliphatic carbocycles. The number of nitrogen functional groups attached to an aromatic ring is 1. The van der Waals surface area contributed by atoms with E-state index >= 15 is 0 Å². The molecule has 0 heterocycles. The highest BCUT2D eigenvalue weighted by Crippen LogP contribution is 2.27. The molecule has 0 atom stereocenters. The minimum atomic E-state index is -0.428. The molecule has 2 aromatic rings. The van der Waals surface area contributed by atoms with Crippen molar-refractivity contribution < 1.29 is 14.8 Å². The Bertz CT molecular complexity index is 659. The fourth-order valence-corrected chi connectivity index (χ4v) is 1.99. The van der Waals surface area contributed by atoms with Gasteiger partial charge in [-0.1, -0.05) is 12.1 Å². The van der Waals surface area contributed by atoms with Gasteiger partial charge < -0.3 is 20.9 Å². The van der Waals surface area contributed by atoms with Gasteiger partial charge in [0.1, 0.15) is 5.75 Å². The fraction of sp³-hybridized carbons (Fsp3) is 0.250. The van der Waals surface area contributed by atoms with Gasteiger partial charge in [-0.3, -0.25) is 10.1 Å². The highest BCUT2D eigenvalue weighted by Gasteiger charge is 2.06. The maximum atomic E-state index is 10.6. The van der Waals surface area contributed by atoms with E-state index in [4.69, 9.17) is 15.6 Å². The molecule has 2 aromatic carbocycles. The van der Waals surface area contributed by atoms with E-state index in [0.29, 0.717) is 31.0 Å². The summed E-state index contributed by atoms with van der Waals surface area (Å²) in [5, 5.41) is 22.7. The van der Waals surface area contributed by atoms with Crippen molar-refractivity contribution in [3.8, 4) is 5.75 Å². The van der Waals surface area contributed by atoms with E-state index in [1.54, 1.807) is 30.3 Å². The molecule has 7 nitrogen and oxygen atoms in total. The van der Waals surface area contributed by atoms with Crippen LogP contribution >= 0.6 is 0 Å². The van der Waals surface area contributed by atoms with Crippen LogP contribution in [0.1, 0.15) is 12.0 Å². The Morgan fingerprint density at radius 2 is 1.96 bits per heavy atom. The zero-order chi connectivity index (χ0) is 16.7. The standard InChI is InChI=1S/C16H19N3O4/c17-13-4-7-16(23-9-1-8-20)15(10-13)18-11-12-2-5-14(6-3-12)19(21)22/h2-7,10,18,20H,1,8-9,11,17H2. The summed E-state index contributed by atoms with van der Waals surface area (Å²) in [6, 6.07) is 11.6. The lowest BCUT2D eigenvalue weighted by molar-refractivity contribution is -0.384. The lowest BCUT2D eigenvalue weighted by Gasteiger charge is -2.14. The Hall–Kier alpha value is -2.80. The topological polar surface area (TPSA) is 111 Å². The summed E-state index contributed by atoms with van der Waals surface area (Å²) in [6.07, 6.45) is 0.548. The highest BCUT2D eigenvalue weighted by atomic mass is 16.6. The normalized spacial score (nSPS) is 10.3. The zero-order valence-electron chi connectivity index (χ0n) is 12.6. The van der Waals surface area contributed by atoms with Crippen molar-refractivity contribution in [1.82, 2.24) is 0 Å². The Morgan fingerprint density at radius 1 is 1.22 bits per heavy atom. The van der Waals surface area contributed by atoms with Crippen LogP contribution in [0.2, 0.25) is 0 Å². The van der Waals surface area contributed by atoms with Crippen molar-refractivity contribution in [3.05, 3.63) is 58.1 Å². The van der Waals surface area contributed by atoms with Crippen molar-refractivity contribution in [1.29, 1.82) is 0 Å². The lowest BCUT2D eigenvalue weighted by Crippen LogP contribution is -2.05. The first-order valence-corrected chi connectivity index (χ1v) is 7.20. The largest absolute Gasteiger partial charge is 0.491 e. The first-order chi connectivity index (χ1) is 11.1. The third-order valence-corrected chi connectivity index (χ3v) is 3.19. The van der Waals surface area contributed by atoms with Gasteiger partial charge in [-0.05, 0) is 23.8 Å². The summed E-state index contributed by atoms with van der Waals surface area (Å²) in [5.74, 6) is 0.648. The molecule has 0 unspecified atom stereocenters. The van der Waals surface area contributed by atoms with Crippen LogP contribution in [0.25, 0.3) is 0 Å². The third kappa shape index (κ3) is 4.86. The molecule has 7 heteroatoms. The van der Waals surface area contributed by atoms with Gasteiger partial charge in [-0.15, -0.1) is 0 Å². The number of nitrogens with zero attached hydrogens (tertiary/aromatic N) is 1. The predicted molar refractivity (Wildman–Crippen MR) is 88.5 cm³/mol. The molecule has 0 aliphatic rings. The van der Waals surface area contributed by atoms with Crippen molar-refractivity contribution in [2.24, 2.45) is 0 Å². The molecule has 0 bridgehead atoms. The van der Waals surface area contributed by atoms with Gasteiger partial charge in [0.05, 0.1) is 17.2 Å². The molecular formula is C16H19N3O4. The van der Waals surface area contributed by atoms with Crippen molar-refractivity contribution >= 4 is 17.1 Å². The number of nitro groups is 1. The number of benzene rings is 2. The van der Waals surface area contributed by atoms with E-state index in [2.05, 4.69) is 5.32 Å². The maximum absolute atomic E-state index is 10.6. The number of nitrogens with one attached hydrogen (secondary N) is 1. The average Bonchev–Trinajstić information content (AvgIpc) is 2.55. The van der Waals surface area contributed by atoms with E-state index in [9.17, 15) is 10.1 Å². The predicted octanol–water partition coefficient (Wildman–Crippen LogP) is 2.55. The van der Waals surface area contributed by atoms with E-state index in [0.717, 1.165) is 11.3 Å².